The van der Waals surface area contributed by atoms with E-state index in [9.17, 15) is 0 Å². The summed E-state index contributed by atoms with van der Waals surface area (Å²) in [6.07, 6.45) is 8.06. The van der Waals surface area contributed by atoms with E-state index in [1.54, 1.807) is 6.26 Å². The zero-order valence-corrected chi connectivity index (χ0v) is 17.1. The molecule has 2 aromatic heterocycles. The standard InChI is InChI=1S/C22H27N5O3/c1-27-16-17(15-25-27)7-9-23-22(24-10-8-19-4-2-11-28-19)26-18-5-6-20-21(14-18)30-13-3-12-29-20/h2,4-6,11,14-16H,3,7-10,12-13H2,1H3,(H2,23,24,26). The molecule has 3 heterocycles. The van der Waals surface area contributed by atoms with Gasteiger partial charge in [-0.05, 0) is 36.2 Å². The Kier molecular flexibility index (Phi) is 6.54. The van der Waals surface area contributed by atoms with Gasteiger partial charge in [-0.15, -0.1) is 0 Å². The van der Waals surface area contributed by atoms with Gasteiger partial charge in [0.05, 0.1) is 25.7 Å². The lowest BCUT2D eigenvalue weighted by Crippen LogP contribution is -2.32. The minimum Gasteiger partial charge on any atom is -0.490 e. The average molecular weight is 409 g/mol. The SMILES string of the molecule is Cn1cc(CCNC(=NCCc2ccco2)Nc2ccc3c(c2)OCCCO3)cn1. The van der Waals surface area contributed by atoms with Crippen molar-refractivity contribution in [2.45, 2.75) is 19.3 Å². The van der Waals surface area contributed by atoms with E-state index in [1.807, 2.05) is 54.5 Å². The van der Waals surface area contributed by atoms with Crippen LogP contribution in [-0.2, 0) is 19.9 Å². The number of aliphatic imine (C=N–C) groups is 1. The van der Waals surface area contributed by atoms with Gasteiger partial charge in [-0.1, -0.05) is 0 Å². The van der Waals surface area contributed by atoms with Gasteiger partial charge in [0.25, 0.3) is 0 Å². The number of benzene rings is 1. The Bertz CT molecular complexity index is 965. The summed E-state index contributed by atoms with van der Waals surface area (Å²) in [5.74, 6) is 3.16. The van der Waals surface area contributed by atoms with Crippen LogP contribution in [0.4, 0.5) is 5.69 Å². The largest absolute Gasteiger partial charge is 0.490 e. The second-order valence-electron chi connectivity index (χ2n) is 7.10. The minimum absolute atomic E-state index is 0.611. The van der Waals surface area contributed by atoms with Crippen LogP contribution >= 0.6 is 0 Å². The van der Waals surface area contributed by atoms with E-state index in [0.29, 0.717) is 25.7 Å². The topological polar surface area (TPSA) is 85.8 Å². The molecular formula is C22H27N5O3. The summed E-state index contributed by atoms with van der Waals surface area (Å²) in [6.45, 7) is 2.68. The quantitative estimate of drug-likeness (QED) is 0.461. The molecule has 4 rings (SSSR count). The van der Waals surface area contributed by atoms with Crippen LogP contribution in [0, 0.1) is 0 Å². The molecule has 8 heteroatoms. The van der Waals surface area contributed by atoms with Crippen LogP contribution in [-0.4, -0.2) is 42.0 Å². The van der Waals surface area contributed by atoms with Crippen molar-refractivity contribution in [3.8, 4) is 11.5 Å². The molecule has 8 nitrogen and oxygen atoms in total. The van der Waals surface area contributed by atoms with Gasteiger partial charge in [0, 0.05) is 50.9 Å². The van der Waals surface area contributed by atoms with E-state index in [0.717, 1.165) is 48.8 Å². The zero-order valence-electron chi connectivity index (χ0n) is 17.1. The maximum Gasteiger partial charge on any atom is 0.195 e. The van der Waals surface area contributed by atoms with Gasteiger partial charge in [-0.25, -0.2) is 0 Å². The highest BCUT2D eigenvalue weighted by Gasteiger charge is 2.11. The predicted molar refractivity (Wildman–Crippen MR) is 115 cm³/mol. The van der Waals surface area contributed by atoms with Gasteiger partial charge < -0.3 is 24.5 Å². The molecule has 3 aromatic rings. The second kappa shape index (κ2) is 9.87. The molecule has 2 N–H and O–H groups in total. The number of fused-ring (bicyclic) bond motifs is 1. The molecule has 0 radical (unpaired) electrons. The third-order valence-electron chi connectivity index (χ3n) is 4.68. The third kappa shape index (κ3) is 5.56. The summed E-state index contributed by atoms with van der Waals surface area (Å²) in [7, 11) is 1.92. The molecule has 0 amide bonds. The Morgan fingerprint density at radius 3 is 2.87 bits per heavy atom. The van der Waals surface area contributed by atoms with Gasteiger partial charge in [0.2, 0.25) is 0 Å². The molecular weight excluding hydrogens is 382 g/mol. The van der Waals surface area contributed by atoms with E-state index < -0.39 is 0 Å². The number of furan rings is 1. The summed E-state index contributed by atoms with van der Waals surface area (Å²) in [5.41, 5.74) is 2.07. The highest BCUT2D eigenvalue weighted by Crippen LogP contribution is 2.32. The molecule has 0 bridgehead atoms. The van der Waals surface area contributed by atoms with Crippen LogP contribution in [0.5, 0.6) is 11.5 Å². The number of hydrogen-bond acceptors (Lipinski definition) is 5. The Morgan fingerprint density at radius 1 is 1.17 bits per heavy atom. The van der Waals surface area contributed by atoms with E-state index in [2.05, 4.69) is 15.7 Å². The smallest absolute Gasteiger partial charge is 0.195 e. The monoisotopic (exact) mass is 409 g/mol. The van der Waals surface area contributed by atoms with Gasteiger partial charge in [0.1, 0.15) is 5.76 Å². The fraction of sp³-hybridized carbons (Fsp3) is 0.364. The summed E-state index contributed by atoms with van der Waals surface area (Å²) in [4.78, 5) is 4.70. The lowest BCUT2D eigenvalue weighted by atomic mass is 10.2. The number of aromatic nitrogens is 2. The number of guanidine groups is 1. The first-order valence-corrected chi connectivity index (χ1v) is 10.2. The molecule has 0 saturated heterocycles. The van der Waals surface area contributed by atoms with E-state index in [4.69, 9.17) is 18.9 Å². The maximum atomic E-state index is 5.80. The summed E-state index contributed by atoms with van der Waals surface area (Å²) < 4.78 is 18.7. The van der Waals surface area contributed by atoms with Crippen LogP contribution in [0.1, 0.15) is 17.7 Å². The van der Waals surface area contributed by atoms with Crippen molar-refractivity contribution in [2.75, 3.05) is 31.6 Å². The van der Waals surface area contributed by atoms with Crippen molar-refractivity contribution in [1.82, 2.24) is 15.1 Å². The molecule has 0 unspecified atom stereocenters. The van der Waals surface area contributed by atoms with Gasteiger partial charge in [-0.2, -0.15) is 5.10 Å². The van der Waals surface area contributed by atoms with Crippen LogP contribution in [0.2, 0.25) is 0 Å². The molecule has 0 atom stereocenters. The number of aryl methyl sites for hydroxylation is 1. The number of rotatable bonds is 7. The molecule has 0 spiro atoms. The van der Waals surface area contributed by atoms with Gasteiger partial charge in [-0.3, -0.25) is 9.67 Å². The molecule has 0 fully saturated rings. The van der Waals surface area contributed by atoms with E-state index in [-0.39, 0.29) is 0 Å². The number of nitrogens with one attached hydrogen (secondary N) is 2. The zero-order chi connectivity index (χ0) is 20.6. The number of ether oxygens (including phenoxy) is 2. The van der Waals surface area contributed by atoms with Crippen LogP contribution in [0.25, 0.3) is 0 Å². The van der Waals surface area contributed by atoms with Crippen molar-refractivity contribution in [3.63, 3.8) is 0 Å². The molecule has 0 saturated carbocycles. The van der Waals surface area contributed by atoms with Crippen LogP contribution in [0.3, 0.4) is 0 Å². The third-order valence-corrected chi connectivity index (χ3v) is 4.68. The highest BCUT2D eigenvalue weighted by molar-refractivity contribution is 5.94. The Balaban J connectivity index is 1.41. The predicted octanol–water partition coefficient (Wildman–Crippen LogP) is 3.02. The minimum atomic E-state index is 0.611. The normalized spacial score (nSPS) is 13.7. The molecule has 158 valence electrons. The summed E-state index contributed by atoms with van der Waals surface area (Å²) in [6, 6.07) is 9.70. The van der Waals surface area contributed by atoms with E-state index >= 15 is 0 Å². The van der Waals surface area contributed by atoms with Crippen molar-refractivity contribution in [3.05, 3.63) is 60.3 Å². The summed E-state index contributed by atoms with van der Waals surface area (Å²) >= 11 is 0. The first-order valence-electron chi connectivity index (χ1n) is 10.2. The van der Waals surface area contributed by atoms with Gasteiger partial charge in [0.15, 0.2) is 17.5 Å². The fourth-order valence-electron chi connectivity index (χ4n) is 3.18. The van der Waals surface area contributed by atoms with Crippen LogP contribution < -0.4 is 20.1 Å². The van der Waals surface area contributed by atoms with Crippen molar-refractivity contribution in [1.29, 1.82) is 0 Å². The lowest BCUT2D eigenvalue weighted by molar-refractivity contribution is 0.297. The fourth-order valence-corrected chi connectivity index (χ4v) is 3.18. The number of nitrogens with zero attached hydrogens (tertiary/aromatic N) is 3. The Hall–Kier alpha value is -3.42. The summed E-state index contributed by atoms with van der Waals surface area (Å²) in [5, 5.41) is 11.0. The molecule has 1 aromatic carbocycles. The lowest BCUT2D eigenvalue weighted by Gasteiger charge is -2.14. The molecule has 1 aliphatic heterocycles. The number of hydrogen-bond donors (Lipinski definition) is 2. The highest BCUT2D eigenvalue weighted by atomic mass is 16.5. The van der Waals surface area contributed by atoms with Crippen molar-refractivity contribution < 1.29 is 13.9 Å². The van der Waals surface area contributed by atoms with Gasteiger partial charge >= 0.3 is 0 Å². The first-order chi connectivity index (χ1) is 14.8. The Morgan fingerprint density at radius 2 is 2.07 bits per heavy atom. The molecule has 1 aliphatic rings. The first kappa shape index (κ1) is 19.9. The van der Waals surface area contributed by atoms with Crippen molar-refractivity contribution >= 4 is 11.6 Å². The maximum absolute atomic E-state index is 5.80. The van der Waals surface area contributed by atoms with Crippen LogP contribution in [0.15, 0.2) is 58.4 Å². The molecule has 0 aliphatic carbocycles. The van der Waals surface area contributed by atoms with Crippen molar-refractivity contribution in [2.24, 2.45) is 12.0 Å². The Labute approximate surface area is 175 Å². The number of anilines is 1. The second-order valence-corrected chi connectivity index (χ2v) is 7.10. The molecule has 30 heavy (non-hydrogen) atoms. The van der Waals surface area contributed by atoms with E-state index in [1.165, 1.54) is 5.56 Å². The average Bonchev–Trinajstić information content (AvgIpc) is 3.34.